The van der Waals surface area contributed by atoms with Gasteiger partial charge in [-0.15, -0.1) is 0 Å². The second kappa shape index (κ2) is 6.83. The highest BCUT2D eigenvalue weighted by atomic mass is 19.1. The smallest absolute Gasteiger partial charge is 0.127 e. The minimum Gasteiger partial charge on any atom is -0.329 e. The monoisotopic (exact) mass is 286 g/mol. The van der Waals surface area contributed by atoms with Crippen molar-refractivity contribution in [1.29, 1.82) is 0 Å². The van der Waals surface area contributed by atoms with Gasteiger partial charge in [-0.05, 0) is 43.7 Å². The van der Waals surface area contributed by atoms with E-state index in [-0.39, 0.29) is 11.9 Å². The van der Waals surface area contributed by atoms with Gasteiger partial charge < -0.3 is 5.73 Å². The first-order chi connectivity index (χ1) is 10.0. The average Bonchev–Trinajstić information content (AvgIpc) is 2.46. The van der Waals surface area contributed by atoms with Gasteiger partial charge in [-0.1, -0.05) is 36.4 Å². The van der Waals surface area contributed by atoms with Crippen molar-refractivity contribution in [3.05, 3.63) is 70.5 Å². The minimum absolute atomic E-state index is 0.0870. The summed E-state index contributed by atoms with van der Waals surface area (Å²) in [6, 6.07) is 13.4. The number of nitrogens with two attached hydrogens (primary N) is 1. The Bertz CT molecular complexity index is 610. The Hall–Kier alpha value is -1.71. The van der Waals surface area contributed by atoms with Crippen LogP contribution in [0.15, 0.2) is 42.5 Å². The van der Waals surface area contributed by atoms with E-state index >= 15 is 0 Å². The van der Waals surface area contributed by atoms with E-state index in [4.69, 9.17) is 5.73 Å². The van der Waals surface area contributed by atoms with Gasteiger partial charge in [0, 0.05) is 24.7 Å². The Kier molecular flexibility index (Phi) is 5.10. The van der Waals surface area contributed by atoms with Gasteiger partial charge in [0.25, 0.3) is 0 Å². The van der Waals surface area contributed by atoms with Crippen LogP contribution in [-0.2, 0) is 6.54 Å². The van der Waals surface area contributed by atoms with Gasteiger partial charge in [0.1, 0.15) is 5.82 Å². The van der Waals surface area contributed by atoms with E-state index in [1.165, 1.54) is 22.8 Å². The van der Waals surface area contributed by atoms with Crippen LogP contribution in [0.5, 0.6) is 0 Å². The first-order valence-electron chi connectivity index (χ1n) is 7.23. The van der Waals surface area contributed by atoms with E-state index in [1.807, 2.05) is 19.2 Å². The molecule has 2 aromatic carbocycles. The maximum Gasteiger partial charge on any atom is 0.127 e. The number of halogens is 1. The van der Waals surface area contributed by atoms with E-state index in [9.17, 15) is 4.39 Å². The molecule has 0 spiro atoms. The van der Waals surface area contributed by atoms with E-state index in [0.29, 0.717) is 18.7 Å². The Morgan fingerprint density at radius 1 is 1.10 bits per heavy atom. The summed E-state index contributed by atoms with van der Waals surface area (Å²) >= 11 is 0. The van der Waals surface area contributed by atoms with Crippen LogP contribution >= 0.6 is 0 Å². The maximum atomic E-state index is 13.8. The SMILES string of the molecule is Cc1ccc(C(CN)N(C)Cc2ccccc2F)cc1C. The second-order valence-corrected chi connectivity index (χ2v) is 5.60. The Morgan fingerprint density at radius 2 is 1.81 bits per heavy atom. The number of hydrogen-bond donors (Lipinski definition) is 1. The predicted molar refractivity (Wildman–Crippen MR) is 85.6 cm³/mol. The molecular formula is C18H23FN2. The number of likely N-dealkylation sites (N-methyl/N-ethyl adjacent to an activating group) is 1. The fourth-order valence-electron chi connectivity index (χ4n) is 2.55. The van der Waals surface area contributed by atoms with Gasteiger partial charge >= 0.3 is 0 Å². The zero-order valence-electron chi connectivity index (χ0n) is 12.9. The van der Waals surface area contributed by atoms with Crippen LogP contribution in [0.4, 0.5) is 4.39 Å². The zero-order valence-corrected chi connectivity index (χ0v) is 12.9. The third-order valence-electron chi connectivity index (χ3n) is 4.05. The molecule has 0 aromatic heterocycles. The molecular weight excluding hydrogens is 263 g/mol. The highest BCUT2D eigenvalue weighted by Gasteiger charge is 2.17. The highest BCUT2D eigenvalue weighted by molar-refractivity contribution is 5.32. The minimum atomic E-state index is -0.166. The average molecular weight is 286 g/mol. The topological polar surface area (TPSA) is 29.3 Å². The fourth-order valence-corrected chi connectivity index (χ4v) is 2.55. The van der Waals surface area contributed by atoms with Crippen LogP contribution in [-0.4, -0.2) is 18.5 Å². The van der Waals surface area contributed by atoms with Crippen LogP contribution in [0, 0.1) is 19.7 Å². The summed E-state index contributed by atoms with van der Waals surface area (Å²) in [5.74, 6) is -0.166. The lowest BCUT2D eigenvalue weighted by Crippen LogP contribution is -2.30. The van der Waals surface area contributed by atoms with Crippen LogP contribution in [0.2, 0.25) is 0 Å². The van der Waals surface area contributed by atoms with Crippen LogP contribution < -0.4 is 5.73 Å². The normalized spacial score (nSPS) is 12.7. The quantitative estimate of drug-likeness (QED) is 0.910. The molecule has 0 radical (unpaired) electrons. The van der Waals surface area contributed by atoms with Gasteiger partial charge in [-0.2, -0.15) is 0 Å². The molecule has 2 N–H and O–H groups in total. The third kappa shape index (κ3) is 3.69. The third-order valence-corrected chi connectivity index (χ3v) is 4.05. The maximum absolute atomic E-state index is 13.8. The molecule has 0 aliphatic rings. The Morgan fingerprint density at radius 3 is 2.43 bits per heavy atom. The Labute approximate surface area is 126 Å². The summed E-state index contributed by atoms with van der Waals surface area (Å²) < 4.78 is 13.8. The summed E-state index contributed by atoms with van der Waals surface area (Å²) in [5.41, 5.74) is 10.4. The lowest BCUT2D eigenvalue weighted by atomic mass is 10.00. The lowest BCUT2D eigenvalue weighted by Gasteiger charge is -2.28. The molecule has 0 saturated carbocycles. The lowest BCUT2D eigenvalue weighted by molar-refractivity contribution is 0.238. The molecule has 0 heterocycles. The number of nitrogens with zero attached hydrogens (tertiary/aromatic N) is 1. The molecule has 0 saturated heterocycles. The van der Waals surface area contributed by atoms with Crippen molar-refractivity contribution in [3.8, 4) is 0 Å². The van der Waals surface area contributed by atoms with Gasteiger partial charge in [-0.3, -0.25) is 4.90 Å². The van der Waals surface area contributed by atoms with E-state index in [0.717, 1.165) is 0 Å². The summed E-state index contributed by atoms with van der Waals surface area (Å²) in [6.45, 7) is 5.25. The summed E-state index contributed by atoms with van der Waals surface area (Å²) in [4.78, 5) is 2.10. The molecule has 0 bridgehead atoms. The summed E-state index contributed by atoms with van der Waals surface area (Å²) in [5, 5.41) is 0. The molecule has 0 amide bonds. The van der Waals surface area contributed by atoms with Gasteiger partial charge in [0.15, 0.2) is 0 Å². The second-order valence-electron chi connectivity index (χ2n) is 5.60. The Balaban J connectivity index is 2.20. The van der Waals surface area contributed by atoms with Crippen molar-refractivity contribution in [2.75, 3.05) is 13.6 Å². The molecule has 2 rings (SSSR count). The number of benzene rings is 2. The molecule has 0 aliphatic carbocycles. The van der Waals surface area contributed by atoms with Crippen molar-refractivity contribution >= 4 is 0 Å². The summed E-state index contributed by atoms with van der Waals surface area (Å²) in [6.07, 6.45) is 0. The van der Waals surface area contributed by atoms with Gasteiger partial charge in [0.05, 0.1) is 0 Å². The molecule has 2 nitrogen and oxygen atoms in total. The molecule has 2 aromatic rings. The molecule has 0 aliphatic heterocycles. The first-order valence-corrected chi connectivity index (χ1v) is 7.23. The van der Waals surface area contributed by atoms with Crippen LogP contribution in [0.25, 0.3) is 0 Å². The van der Waals surface area contributed by atoms with E-state index in [1.54, 1.807) is 6.07 Å². The van der Waals surface area contributed by atoms with Crippen molar-refractivity contribution < 1.29 is 4.39 Å². The van der Waals surface area contributed by atoms with Crippen molar-refractivity contribution in [2.24, 2.45) is 5.73 Å². The highest BCUT2D eigenvalue weighted by Crippen LogP contribution is 2.23. The van der Waals surface area contributed by atoms with E-state index in [2.05, 4.69) is 36.9 Å². The van der Waals surface area contributed by atoms with Crippen molar-refractivity contribution in [3.63, 3.8) is 0 Å². The van der Waals surface area contributed by atoms with E-state index < -0.39 is 0 Å². The number of rotatable bonds is 5. The standard InChI is InChI=1S/C18H23FN2/c1-13-8-9-15(10-14(13)2)18(11-20)21(3)12-16-6-4-5-7-17(16)19/h4-10,18H,11-12,20H2,1-3H3. The molecule has 1 unspecified atom stereocenters. The van der Waals surface area contributed by atoms with Crippen LogP contribution in [0.1, 0.15) is 28.3 Å². The summed E-state index contributed by atoms with van der Waals surface area (Å²) in [7, 11) is 1.99. The molecule has 3 heteroatoms. The number of aryl methyl sites for hydroxylation is 2. The largest absolute Gasteiger partial charge is 0.329 e. The predicted octanol–water partition coefficient (Wildman–Crippen LogP) is 3.57. The molecule has 21 heavy (non-hydrogen) atoms. The van der Waals surface area contributed by atoms with Gasteiger partial charge in [0.2, 0.25) is 0 Å². The van der Waals surface area contributed by atoms with Crippen LogP contribution in [0.3, 0.4) is 0 Å². The molecule has 1 atom stereocenters. The molecule has 0 fully saturated rings. The van der Waals surface area contributed by atoms with Crippen molar-refractivity contribution in [2.45, 2.75) is 26.4 Å². The fraction of sp³-hybridized carbons (Fsp3) is 0.333. The number of hydrogen-bond acceptors (Lipinski definition) is 2. The molecule has 112 valence electrons. The van der Waals surface area contributed by atoms with Gasteiger partial charge in [-0.25, -0.2) is 4.39 Å². The van der Waals surface area contributed by atoms with Crippen molar-refractivity contribution in [1.82, 2.24) is 4.90 Å². The first kappa shape index (κ1) is 15.7. The zero-order chi connectivity index (χ0) is 15.4.